The van der Waals surface area contributed by atoms with E-state index < -0.39 is 17.6 Å². The van der Waals surface area contributed by atoms with Gasteiger partial charge in [-0.15, -0.1) is 0 Å². The normalized spacial score (nSPS) is 13.1. The number of rotatable bonds is 9. The molecule has 4 aromatic rings. The molecule has 0 saturated heterocycles. The van der Waals surface area contributed by atoms with Crippen LogP contribution in [0.25, 0.3) is 11.4 Å². The van der Waals surface area contributed by atoms with E-state index in [2.05, 4.69) is 9.97 Å². The highest BCUT2D eigenvalue weighted by molar-refractivity contribution is 5.99. The molecule has 5 rings (SSSR count). The summed E-state index contributed by atoms with van der Waals surface area (Å²) < 4.78 is 45.2. The largest absolute Gasteiger partial charge is 0.497 e. The van der Waals surface area contributed by atoms with Crippen LogP contribution in [-0.4, -0.2) is 48.1 Å². The number of benzene rings is 3. The lowest BCUT2D eigenvalue weighted by atomic mass is 9.97. The quantitative estimate of drug-likeness (QED) is 0.246. The molecule has 1 unspecified atom stereocenters. The number of halogens is 2. The third kappa shape index (κ3) is 5.52. The maximum atomic E-state index is 14.8. The zero-order valence-corrected chi connectivity index (χ0v) is 23.6. The van der Waals surface area contributed by atoms with Crippen LogP contribution in [0.5, 0.6) is 11.5 Å². The molecule has 1 aliphatic rings. The molecule has 0 spiro atoms. The van der Waals surface area contributed by atoms with Crippen molar-refractivity contribution in [3.8, 4) is 22.9 Å². The molecule has 42 heavy (non-hydrogen) atoms. The Balaban J connectivity index is 1.53. The average molecular weight is 574 g/mol. The average Bonchev–Trinajstić information content (AvgIpc) is 3.31. The maximum absolute atomic E-state index is 14.8. The Hall–Kier alpha value is -4.86. The van der Waals surface area contributed by atoms with Crippen LogP contribution in [0.3, 0.4) is 0 Å². The topological polar surface area (TPSA) is 90.9 Å². The number of hydrogen-bond donors (Lipinski definition) is 0. The second-order valence-corrected chi connectivity index (χ2v) is 9.91. The van der Waals surface area contributed by atoms with Crippen molar-refractivity contribution in [3.63, 3.8) is 0 Å². The van der Waals surface area contributed by atoms with Crippen molar-refractivity contribution in [1.82, 2.24) is 14.9 Å². The maximum Gasteiger partial charge on any atom is 0.312 e. The first kappa shape index (κ1) is 28.7. The highest BCUT2D eigenvalue weighted by Gasteiger charge is 2.34. The molecule has 0 aliphatic carbocycles. The minimum absolute atomic E-state index is 0.123. The molecule has 0 bridgehead atoms. The Kier molecular flexibility index (Phi) is 8.15. The third-order valence-corrected chi connectivity index (χ3v) is 7.35. The first-order valence-electron chi connectivity index (χ1n) is 13.2. The number of nitrogens with zero attached hydrogens (tertiary/aromatic N) is 3. The van der Waals surface area contributed by atoms with Crippen LogP contribution in [0.4, 0.5) is 8.78 Å². The van der Waals surface area contributed by atoms with Crippen LogP contribution >= 0.6 is 0 Å². The first-order chi connectivity index (χ1) is 20.2. The molecule has 8 nitrogen and oxygen atoms in total. The second-order valence-electron chi connectivity index (χ2n) is 9.91. The fourth-order valence-corrected chi connectivity index (χ4v) is 5.03. The number of amides is 1. The first-order valence-corrected chi connectivity index (χ1v) is 13.2. The number of hydrogen-bond acceptors (Lipinski definition) is 7. The predicted molar refractivity (Wildman–Crippen MR) is 150 cm³/mol. The van der Waals surface area contributed by atoms with Crippen LogP contribution < -0.4 is 9.47 Å². The summed E-state index contributed by atoms with van der Waals surface area (Å²) in [5.74, 6) is -1.66. The number of methoxy groups -OCH3 is 3. The van der Waals surface area contributed by atoms with Gasteiger partial charge >= 0.3 is 5.97 Å². The van der Waals surface area contributed by atoms with Crippen molar-refractivity contribution in [2.75, 3.05) is 21.3 Å². The van der Waals surface area contributed by atoms with Crippen molar-refractivity contribution < 1.29 is 32.6 Å². The summed E-state index contributed by atoms with van der Waals surface area (Å²) in [4.78, 5) is 36.3. The number of ether oxygens (including phenoxy) is 3. The Morgan fingerprint density at radius 1 is 0.952 bits per heavy atom. The Morgan fingerprint density at radius 2 is 1.67 bits per heavy atom. The smallest absolute Gasteiger partial charge is 0.312 e. The van der Waals surface area contributed by atoms with Gasteiger partial charge in [0.2, 0.25) is 0 Å². The van der Waals surface area contributed by atoms with Gasteiger partial charge in [0.1, 0.15) is 23.1 Å². The van der Waals surface area contributed by atoms with Gasteiger partial charge in [-0.1, -0.05) is 30.3 Å². The molecule has 3 aromatic carbocycles. The monoisotopic (exact) mass is 573 g/mol. The Labute approximate surface area is 241 Å². The summed E-state index contributed by atoms with van der Waals surface area (Å²) in [5, 5.41) is 0. The Bertz CT molecular complexity index is 1640. The number of esters is 1. The van der Waals surface area contributed by atoms with E-state index in [1.54, 1.807) is 43.2 Å². The lowest BCUT2D eigenvalue weighted by Crippen LogP contribution is -2.24. The van der Waals surface area contributed by atoms with Crippen LogP contribution in [-0.2, 0) is 29.0 Å². The van der Waals surface area contributed by atoms with E-state index in [4.69, 9.17) is 14.2 Å². The standard InChI is InChI=1S/C32H29F2N3O5/c1-18(32(39)42-4)20-10-8-19(9-11-20)14-25-29-26(36-30(35-25)28-23(33)6-5-7-24(28)34)17-37(31(29)38)16-21-12-13-22(40-2)15-27(21)41-3/h5-13,15,18H,14,16-17H2,1-4H3. The van der Waals surface area contributed by atoms with Crippen LogP contribution in [0, 0.1) is 11.6 Å². The van der Waals surface area contributed by atoms with E-state index in [0.717, 1.165) is 28.8 Å². The number of carbonyl (C=O) groups excluding carboxylic acids is 2. The van der Waals surface area contributed by atoms with E-state index in [1.165, 1.54) is 20.3 Å². The van der Waals surface area contributed by atoms with Crippen LogP contribution in [0.2, 0.25) is 0 Å². The van der Waals surface area contributed by atoms with Gasteiger partial charge < -0.3 is 19.1 Å². The highest BCUT2D eigenvalue weighted by Crippen LogP contribution is 2.33. The molecule has 0 N–H and O–H groups in total. The molecule has 10 heteroatoms. The number of fused-ring (bicyclic) bond motifs is 1. The van der Waals surface area contributed by atoms with E-state index in [-0.39, 0.29) is 42.8 Å². The van der Waals surface area contributed by atoms with Crippen LogP contribution in [0.1, 0.15) is 51.3 Å². The van der Waals surface area contributed by atoms with Gasteiger partial charge in [-0.05, 0) is 42.3 Å². The van der Waals surface area contributed by atoms with Gasteiger partial charge in [0.05, 0.1) is 62.9 Å². The van der Waals surface area contributed by atoms with Crippen molar-refractivity contribution in [3.05, 3.63) is 106 Å². The minimum atomic E-state index is -0.800. The molecule has 216 valence electrons. The fourth-order valence-electron chi connectivity index (χ4n) is 5.03. The SMILES string of the molecule is COC(=O)C(C)c1ccc(Cc2nc(-c3c(F)cccc3F)nc3c2C(=O)N(Cc2ccc(OC)cc2OC)C3)cc1. The van der Waals surface area contributed by atoms with Gasteiger partial charge in [0.15, 0.2) is 5.82 Å². The summed E-state index contributed by atoms with van der Waals surface area (Å²) in [6.07, 6.45) is 0.201. The molecule has 1 atom stereocenters. The molecule has 0 fully saturated rings. The predicted octanol–water partition coefficient (Wildman–Crippen LogP) is 5.46. The van der Waals surface area contributed by atoms with E-state index in [9.17, 15) is 18.4 Å². The minimum Gasteiger partial charge on any atom is -0.497 e. The van der Waals surface area contributed by atoms with Gasteiger partial charge in [-0.3, -0.25) is 9.59 Å². The van der Waals surface area contributed by atoms with E-state index >= 15 is 0 Å². The summed E-state index contributed by atoms with van der Waals surface area (Å²) >= 11 is 0. The molecular formula is C32H29F2N3O5. The van der Waals surface area contributed by atoms with Crippen molar-refractivity contribution in [2.24, 2.45) is 0 Å². The molecule has 1 aliphatic heterocycles. The number of carbonyl (C=O) groups is 2. The van der Waals surface area contributed by atoms with Gasteiger partial charge in [0.25, 0.3) is 5.91 Å². The third-order valence-electron chi connectivity index (χ3n) is 7.35. The molecule has 1 aromatic heterocycles. The van der Waals surface area contributed by atoms with Crippen molar-refractivity contribution >= 4 is 11.9 Å². The molecular weight excluding hydrogens is 544 g/mol. The van der Waals surface area contributed by atoms with Gasteiger partial charge in [-0.25, -0.2) is 18.7 Å². The summed E-state index contributed by atoms with van der Waals surface area (Å²) in [7, 11) is 4.43. The molecule has 0 saturated carbocycles. The van der Waals surface area contributed by atoms with E-state index in [1.807, 2.05) is 18.2 Å². The summed E-state index contributed by atoms with van der Waals surface area (Å²) in [6.45, 7) is 2.08. The lowest BCUT2D eigenvalue weighted by Gasteiger charge is -2.18. The summed E-state index contributed by atoms with van der Waals surface area (Å²) in [6, 6.07) is 16.1. The molecule has 0 radical (unpaired) electrons. The second kappa shape index (κ2) is 11.9. The molecule has 2 heterocycles. The zero-order chi connectivity index (χ0) is 30.0. The highest BCUT2D eigenvalue weighted by atomic mass is 19.1. The van der Waals surface area contributed by atoms with Crippen molar-refractivity contribution in [2.45, 2.75) is 32.4 Å². The van der Waals surface area contributed by atoms with Gasteiger partial charge in [-0.2, -0.15) is 0 Å². The van der Waals surface area contributed by atoms with Crippen molar-refractivity contribution in [1.29, 1.82) is 0 Å². The summed E-state index contributed by atoms with van der Waals surface area (Å²) in [5.41, 5.74) is 2.99. The lowest BCUT2D eigenvalue weighted by molar-refractivity contribution is -0.142. The van der Waals surface area contributed by atoms with Crippen LogP contribution in [0.15, 0.2) is 60.7 Å². The Morgan fingerprint density at radius 3 is 2.31 bits per heavy atom. The number of aromatic nitrogens is 2. The molecule has 1 amide bonds. The fraction of sp³-hybridized carbons (Fsp3) is 0.250. The zero-order valence-electron chi connectivity index (χ0n) is 23.6. The van der Waals surface area contributed by atoms with Gasteiger partial charge in [0, 0.05) is 18.1 Å². The van der Waals surface area contributed by atoms with E-state index in [0.29, 0.717) is 28.5 Å².